The van der Waals surface area contributed by atoms with Crippen LogP contribution < -0.4 is 10.2 Å². The summed E-state index contributed by atoms with van der Waals surface area (Å²) >= 11 is -1.68. The molecule has 244 valence electrons. The molecule has 6 heteroatoms. The van der Waals surface area contributed by atoms with Crippen molar-refractivity contribution in [2.24, 2.45) is 0 Å². The minimum Gasteiger partial charge on any atom is -0.872 e. The van der Waals surface area contributed by atoms with Crippen LogP contribution >= 0.6 is 0 Å². The summed E-state index contributed by atoms with van der Waals surface area (Å²) in [5.74, 6) is -2.28. The van der Waals surface area contributed by atoms with Gasteiger partial charge in [-0.05, 0) is 0 Å². The Hall–Kier alpha value is -1.02. The van der Waals surface area contributed by atoms with Gasteiger partial charge in [-0.25, -0.2) is 0 Å². The number of unbranched alkanes of at least 4 members (excludes halogenated alkanes) is 6. The quantitative estimate of drug-likeness (QED) is 0.120. The predicted octanol–water partition coefficient (Wildman–Crippen LogP) is 10.4. The molecule has 3 rings (SSSR count). The zero-order valence-electron chi connectivity index (χ0n) is 28.8. The fraction of sp³-hybridized carbons (Fsp3) is 0.632. The molecule has 4 nitrogen and oxygen atoms in total. The molecule has 2 aromatic rings. The van der Waals surface area contributed by atoms with Crippen molar-refractivity contribution in [1.82, 2.24) is 0 Å². The first-order valence-corrected chi connectivity index (χ1v) is 29.8. The number of hydrogen-bond acceptors (Lipinski definition) is 4. The number of ketones is 2. The van der Waals surface area contributed by atoms with Crippen molar-refractivity contribution < 1.29 is 19.8 Å². The van der Waals surface area contributed by atoms with E-state index in [1.807, 2.05) is 0 Å². The predicted molar refractivity (Wildman–Crippen MR) is 188 cm³/mol. The summed E-state index contributed by atoms with van der Waals surface area (Å²) in [6, 6.07) is 8.24. The number of carbonyl (C=O) groups excluding carboxylic acids is 2. The zero-order chi connectivity index (χ0) is 32.7. The molecule has 0 radical (unpaired) electrons. The maximum atomic E-state index is 12.1. The molecule has 44 heavy (non-hydrogen) atoms. The molecule has 0 aliphatic heterocycles. The second kappa shape index (κ2) is 25.1. The van der Waals surface area contributed by atoms with Gasteiger partial charge >= 0.3 is 185 Å². The van der Waals surface area contributed by atoms with Gasteiger partial charge in [-0.15, -0.1) is 0 Å². The molecule has 0 saturated heterocycles. The van der Waals surface area contributed by atoms with Crippen LogP contribution in [0.15, 0.2) is 36.4 Å². The molecule has 0 saturated carbocycles. The summed E-state index contributed by atoms with van der Waals surface area (Å²) in [4.78, 5) is 24.3. The Morgan fingerprint density at radius 1 is 0.455 bits per heavy atom. The van der Waals surface area contributed by atoms with Gasteiger partial charge < -0.3 is 10.2 Å². The molecule has 0 heterocycles. The molecular formula is C38H60O4Sn2. The molecule has 2 aromatic carbocycles. The molecule has 0 spiro atoms. The third-order valence-electron chi connectivity index (χ3n) is 8.30. The molecule has 0 bridgehead atoms. The SMILES string of the molecule is CCC[CH2][Sn+]([CH2]CCC)[CH2]CCC.CCC[CH2][Sn+]([CH2]CCC)[CH2]CCC.O=C1c2ccccc2C(=O)c2c([O-])ccc([O-])c21. The van der Waals surface area contributed by atoms with Crippen molar-refractivity contribution in [1.29, 1.82) is 0 Å². The second-order valence-electron chi connectivity index (χ2n) is 12.1. The molecule has 0 amide bonds. The average Bonchev–Trinajstić information content (AvgIpc) is 3.04. The first-order valence-electron chi connectivity index (χ1n) is 17.7. The molecule has 0 fully saturated rings. The van der Waals surface area contributed by atoms with Gasteiger partial charge in [0.05, 0.1) is 0 Å². The van der Waals surface area contributed by atoms with E-state index in [0.717, 1.165) is 12.1 Å². The standard InChI is InChI=1S/C14H8O4.6C4H9.2Sn/c15-9-5-6-10(16)12-11(9)13(17)7-3-1-2-4-8(7)14(12)18;6*1-3-4-2;;/h1-6,15-16H;6*1,3-4H2,2H3;;/q;;;;;;;2*+1/p-2. The van der Waals surface area contributed by atoms with E-state index in [9.17, 15) is 19.8 Å². The number of hydrogen-bond donors (Lipinski definition) is 0. The summed E-state index contributed by atoms with van der Waals surface area (Å²) in [5, 5.41) is 23.3. The van der Waals surface area contributed by atoms with Crippen LogP contribution in [0.2, 0.25) is 26.6 Å². The molecule has 0 aromatic heterocycles. The maximum Gasteiger partial charge on any atom is 0.193 e. The van der Waals surface area contributed by atoms with E-state index in [1.165, 1.54) is 89.2 Å². The Bertz CT molecular complexity index is 962. The third-order valence-corrected chi connectivity index (χ3v) is 26.5. The van der Waals surface area contributed by atoms with E-state index in [1.54, 1.807) is 38.8 Å². The van der Waals surface area contributed by atoms with E-state index in [4.69, 9.17) is 0 Å². The molecule has 0 N–H and O–H groups in total. The van der Waals surface area contributed by atoms with Crippen molar-refractivity contribution >= 4 is 51.1 Å². The van der Waals surface area contributed by atoms with Crippen LogP contribution in [-0.4, -0.2) is 51.1 Å². The van der Waals surface area contributed by atoms with E-state index in [0.29, 0.717) is 0 Å². The Kier molecular flexibility index (Phi) is 23.4. The van der Waals surface area contributed by atoms with Crippen LogP contribution in [0.4, 0.5) is 0 Å². The molecule has 0 atom stereocenters. The summed E-state index contributed by atoms with van der Waals surface area (Å²) in [6.07, 6.45) is 17.7. The van der Waals surface area contributed by atoms with Crippen LogP contribution in [0.3, 0.4) is 0 Å². The van der Waals surface area contributed by atoms with E-state index in [-0.39, 0.29) is 22.3 Å². The van der Waals surface area contributed by atoms with E-state index in [2.05, 4.69) is 41.5 Å². The third kappa shape index (κ3) is 14.6. The van der Waals surface area contributed by atoms with Crippen molar-refractivity contribution in [2.45, 2.75) is 145 Å². The Morgan fingerprint density at radius 2 is 0.705 bits per heavy atom. The Balaban J connectivity index is 0.000000340. The van der Waals surface area contributed by atoms with Gasteiger partial charge in [-0.1, -0.05) is 47.9 Å². The summed E-state index contributed by atoms with van der Waals surface area (Å²) < 4.78 is 10.1. The van der Waals surface area contributed by atoms with Crippen LogP contribution in [0.25, 0.3) is 0 Å². The average molecular weight is 818 g/mol. The Labute approximate surface area is 284 Å². The fourth-order valence-electron chi connectivity index (χ4n) is 5.47. The van der Waals surface area contributed by atoms with Gasteiger partial charge in [-0.2, -0.15) is 0 Å². The summed E-state index contributed by atoms with van der Waals surface area (Å²) in [5.41, 5.74) is -0.243. The smallest absolute Gasteiger partial charge is 0.193 e. The van der Waals surface area contributed by atoms with Gasteiger partial charge in [-0.3, -0.25) is 9.59 Å². The summed E-state index contributed by atoms with van der Waals surface area (Å²) in [7, 11) is 0. The monoisotopic (exact) mass is 820 g/mol. The van der Waals surface area contributed by atoms with Crippen LogP contribution in [0.1, 0.15) is 150 Å². The molecule has 1 aliphatic rings. The maximum absolute atomic E-state index is 12.1. The Morgan fingerprint density at radius 3 is 0.932 bits per heavy atom. The normalized spacial score (nSPS) is 11.5. The van der Waals surface area contributed by atoms with E-state index >= 15 is 0 Å². The van der Waals surface area contributed by atoms with Crippen molar-refractivity contribution in [3.8, 4) is 11.5 Å². The van der Waals surface area contributed by atoms with Crippen molar-refractivity contribution in [3.05, 3.63) is 58.7 Å². The molecule has 0 unspecified atom stereocenters. The molecular weight excluding hydrogens is 758 g/mol. The van der Waals surface area contributed by atoms with Gasteiger partial charge in [0.25, 0.3) is 0 Å². The fourth-order valence-corrected chi connectivity index (χ4v) is 24.4. The minimum atomic E-state index is -0.839. The van der Waals surface area contributed by atoms with Crippen molar-refractivity contribution in [3.63, 3.8) is 0 Å². The van der Waals surface area contributed by atoms with Gasteiger partial charge in [0.1, 0.15) is 0 Å². The minimum absolute atomic E-state index is 0.178. The topological polar surface area (TPSA) is 80.3 Å². The zero-order valence-corrected chi connectivity index (χ0v) is 34.5. The largest absolute Gasteiger partial charge is 0.872 e. The molecule has 1 aliphatic carbocycles. The first-order chi connectivity index (χ1) is 21.3. The number of fused-ring (bicyclic) bond motifs is 2. The van der Waals surface area contributed by atoms with Crippen LogP contribution in [0.5, 0.6) is 11.5 Å². The van der Waals surface area contributed by atoms with E-state index < -0.39 is 62.6 Å². The van der Waals surface area contributed by atoms with Gasteiger partial charge in [0, 0.05) is 22.3 Å². The number of carbonyl (C=O) groups is 2. The van der Waals surface area contributed by atoms with Crippen molar-refractivity contribution in [2.75, 3.05) is 0 Å². The second-order valence-corrected chi connectivity index (χ2v) is 29.3. The number of benzene rings is 2. The van der Waals surface area contributed by atoms with Crippen LogP contribution in [0, 0.1) is 0 Å². The van der Waals surface area contributed by atoms with Gasteiger partial charge in [0.15, 0.2) is 11.6 Å². The van der Waals surface area contributed by atoms with Crippen LogP contribution in [-0.2, 0) is 0 Å². The first kappa shape index (κ1) is 41.0. The van der Waals surface area contributed by atoms with Gasteiger partial charge in [0.2, 0.25) is 0 Å². The number of rotatable bonds is 18. The summed E-state index contributed by atoms with van der Waals surface area (Å²) in [6.45, 7) is 14.0.